The molecular weight excluding hydrogens is 431 g/mol. The molecule has 1 aromatic carbocycles. The summed E-state index contributed by atoms with van der Waals surface area (Å²) in [6.45, 7) is 2.36. The molecular formula is C17H20Cl2N2O4S2. The van der Waals surface area contributed by atoms with Crippen molar-refractivity contribution in [1.82, 2.24) is 9.21 Å². The molecule has 1 aromatic heterocycles. The largest absolute Gasteiger partial charge is 0.489 e. The summed E-state index contributed by atoms with van der Waals surface area (Å²) < 4.78 is 32.9. The minimum absolute atomic E-state index is 0.121. The van der Waals surface area contributed by atoms with Crippen LogP contribution in [0.15, 0.2) is 40.6 Å². The minimum atomic E-state index is -3.51. The van der Waals surface area contributed by atoms with Crippen molar-refractivity contribution in [3.8, 4) is 5.75 Å². The quantitative estimate of drug-likeness (QED) is 0.701. The maximum absolute atomic E-state index is 12.6. The summed E-state index contributed by atoms with van der Waals surface area (Å²) in [7, 11) is -3.51. The third kappa shape index (κ3) is 5.35. The highest BCUT2D eigenvalue weighted by Crippen LogP contribution is 2.28. The summed E-state index contributed by atoms with van der Waals surface area (Å²) in [5.74, 6) is 0.531. The van der Waals surface area contributed by atoms with E-state index in [0.29, 0.717) is 47.8 Å². The number of hydrogen-bond acceptors (Lipinski definition) is 6. The molecule has 1 atom stereocenters. The minimum Gasteiger partial charge on any atom is -0.489 e. The molecule has 10 heteroatoms. The predicted octanol–water partition coefficient (Wildman–Crippen LogP) is 2.80. The van der Waals surface area contributed by atoms with Gasteiger partial charge in [-0.05, 0) is 24.3 Å². The fraction of sp³-hybridized carbons (Fsp3) is 0.412. The second kappa shape index (κ2) is 9.09. The maximum Gasteiger partial charge on any atom is 0.252 e. The molecule has 1 saturated heterocycles. The number of piperazine rings is 1. The standard InChI is InChI=1S/C17H20Cl2N2O4S2/c18-14-3-1-2-4-15(14)25-12-13(22)11-20-7-9-21(10-8-20)27(23,24)17-6-5-16(19)26-17/h1-6,13,22H,7-12H2. The molecule has 2 heterocycles. The number of rotatable bonds is 7. The number of para-hydroxylation sites is 1. The van der Waals surface area contributed by atoms with Crippen molar-refractivity contribution in [2.75, 3.05) is 39.3 Å². The van der Waals surface area contributed by atoms with E-state index >= 15 is 0 Å². The first-order chi connectivity index (χ1) is 12.9. The van der Waals surface area contributed by atoms with Crippen LogP contribution in [0.5, 0.6) is 5.75 Å². The van der Waals surface area contributed by atoms with E-state index in [1.165, 1.54) is 10.4 Å². The van der Waals surface area contributed by atoms with E-state index in [4.69, 9.17) is 27.9 Å². The van der Waals surface area contributed by atoms with E-state index in [2.05, 4.69) is 0 Å². The summed E-state index contributed by atoms with van der Waals surface area (Å²) in [5.41, 5.74) is 0. The first kappa shape index (κ1) is 20.9. The zero-order chi connectivity index (χ0) is 19.4. The average molecular weight is 451 g/mol. The molecule has 3 rings (SSSR count). The Balaban J connectivity index is 1.47. The van der Waals surface area contributed by atoms with Gasteiger partial charge >= 0.3 is 0 Å². The van der Waals surface area contributed by atoms with Crippen molar-refractivity contribution >= 4 is 44.6 Å². The molecule has 0 bridgehead atoms. The van der Waals surface area contributed by atoms with Crippen LogP contribution < -0.4 is 4.74 Å². The summed E-state index contributed by atoms with van der Waals surface area (Å²) in [4.78, 5) is 2.02. The number of ether oxygens (including phenoxy) is 1. The van der Waals surface area contributed by atoms with E-state index in [-0.39, 0.29) is 10.8 Å². The van der Waals surface area contributed by atoms with Gasteiger partial charge in [0.05, 0.1) is 9.36 Å². The van der Waals surface area contributed by atoms with Crippen LogP contribution in [0.2, 0.25) is 9.36 Å². The van der Waals surface area contributed by atoms with E-state index in [0.717, 1.165) is 11.3 Å². The lowest BCUT2D eigenvalue weighted by Gasteiger charge is -2.34. The Morgan fingerprint density at radius 1 is 1.11 bits per heavy atom. The molecule has 0 saturated carbocycles. The Labute approximate surface area is 172 Å². The summed E-state index contributed by atoms with van der Waals surface area (Å²) >= 11 is 12.9. The highest BCUT2D eigenvalue weighted by Gasteiger charge is 2.30. The monoisotopic (exact) mass is 450 g/mol. The zero-order valence-electron chi connectivity index (χ0n) is 14.4. The molecule has 1 N–H and O–H groups in total. The van der Waals surface area contributed by atoms with Crippen LogP contribution in [0, 0.1) is 0 Å². The van der Waals surface area contributed by atoms with Crippen LogP contribution in [0.25, 0.3) is 0 Å². The number of nitrogens with zero attached hydrogens (tertiary/aromatic N) is 2. The molecule has 0 radical (unpaired) electrons. The van der Waals surface area contributed by atoms with Gasteiger partial charge in [0.2, 0.25) is 0 Å². The van der Waals surface area contributed by atoms with Crippen LogP contribution in [0.4, 0.5) is 0 Å². The maximum atomic E-state index is 12.6. The van der Waals surface area contributed by atoms with E-state index in [1.807, 2.05) is 17.0 Å². The molecule has 27 heavy (non-hydrogen) atoms. The van der Waals surface area contributed by atoms with Gasteiger partial charge in [0, 0.05) is 32.7 Å². The average Bonchev–Trinajstić information content (AvgIpc) is 3.09. The van der Waals surface area contributed by atoms with Crippen molar-refractivity contribution < 1.29 is 18.3 Å². The number of aliphatic hydroxyl groups is 1. The Morgan fingerprint density at radius 3 is 2.44 bits per heavy atom. The Morgan fingerprint density at radius 2 is 1.81 bits per heavy atom. The molecule has 0 amide bonds. The number of aliphatic hydroxyl groups excluding tert-OH is 1. The third-order valence-corrected chi connectivity index (χ3v) is 8.12. The highest BCUT2D eigenvalue weighted by molar-refractivity contribution is 7.91. The van der Waals surface area contributed by atoms with Gasteiger partial charge in [-0.3, -0.25) is 4.90 Å². The highest BCUT2D eigenvalue weighted by atomic mass is 35.5. The van der Waals surface area contributed by atoms with Crippen molar-refractivity contribution in [3.05, 3.63) is 45.8 Å². The number of sulfonamides is 1. The molecule has 1 unspecified atom stereocenters. The van der Waals surface area contributed by atoms with Crippen molar-refractivity contribution in [2.45, 2.75) is 10.3 Å². The first-order valence-electron chi connectivity index (χ1n) is 8.39. The van der Waals surface area contributed by atoms with Crippen molar-refractivity contribution in [1.29, 1.82) is 0 Å². The van der Waals surface area contributed by atoms with Crippen molar-refractivity contribution in [2.24, 2.45) is 0 Å². The third-order valence-electron chi connectivity index (χ3n) is 4.21. The van der Waals surface area contributed by atoms with Gasteiger partial charge < -0.3 is 9.84 Å². The fourth-order valence-corrected chi connectivity index (χ4v) is 6.06. The van der Waals surface area contributed by atoms with Gasteiger partial charge in [-0.25, -0.2) is 8.42 Å². The van der Waals surface area contributed by atoms with Gasteiger partial charge in [-0.15, -0.1) is 11.3 Å². The van der Waals surface area contributed by atoms with E-state index in [1.54, 1.807) is 18.2 Å². The van der Waals surface area contributed by atoms with E-state index in [9.17, 15) is 13.5 Å². The molecule has 2 aromatic rings. The molecule has 148 valence electrons. The van der Waals surface area contributed by atoms with Crippen LogP contribution >= 0.6 is 34.5 Å². The van der Waals surface area contributed by atoms with Gasteiger partial charge in [0.1, 0.15) is 22.7 Å². The number of benzene rings is 1. The van der Waals surface area contributed by atoms with Crippen LogP contribution in [-0.2, 0) is 10.0 Å². The summed E-state index contributed by atoms with van der Waals surface area (Å²) in [5, 5.41) is 10.7. The zero-order valence-corrected chi connectivity index (χ0v) is 17.6. The first-order valence-corrected chi connectivity index (χ1v) is 11.4. The molecule has 6 nitrogen and oxygen atoms in total. The lowest BCUT2D eigenvalue weighted by molar-refractivity contribution is 0.0569. The van der Waals surface area contributed by atoms with Crippen LogP contribution in [0.1, 0.15) is 0 Å². The smallest absolute Gasteiger partial charge is 0.252 e. The molecule has 1 aliphatic heterocycles. The Bertz CT molecular complexity index is 867. The number of hydrogen-bond donors (Lipinski definition) is 1. The number of thiophene rings is 1. The van der Waals surface area contributed by atoms with Gasteiger partial charge in [0.15, 0.2) is 0 Å². The fourth-order valence-electron chi connectivity index (χ4n) is 2.81. The summed E-state index contributed by atoms with van der Waals surface area (Å²) in [6.07, 6.45) is -0.694. The lowest BCUT2D eigenvalue weighted by atomic mass is 10.3. The van der Waals surface area contributed by atoms with E-state index < -0.39 is 16.1 Å². The second-order valence-electron chi connectivity index (χ2n) is 6.16. The van der Waals surface area contributed by atoms with Crippen molar-refractivity contribution in [3.63, 3.8) is 0 Å². The van der Waals surface area contributed by atoms with Gasteiger partial charge in [0.25, 0.3) is 10.0 Å². The van der Waals surface area contributed by atoms with Gasteiger partial charge in [-0.2, -0.15) is 4.31 Å². The topological polar surface area (TPSA) is 70.1 Å². The number of halogens is 2. The lowest BCUT2D eigenvalue weighted by Crippen LogP contribution is -2.50. The Hall–Kier alpha value is -0.870. The molecule has 1 fully saturated rings. The SMILES string of the molecule is O=S(=O)(c1ccc(Cl)s1)N1CCN(CC(O)COc2ccccc2Cl)CC1. The Kier molecular flexibility index (Phi) is 7.02. The number of β-amino-alcohol motifs (C(OH)–C–C–N with tert-alkyl or cyclic N) is 1. The van der Waals surface area contributed by atoms with Crippen LogP contribution in [-0.4, -0.2) is 68.2 Å². The summed E-state index contributed by atoms with van der Waals surface area (Å²) in [6, 6.07) is 10.2. The van der Waals surface area contributed by atoms with Crippen LogP contribution in [0.3, 0.4) is 0 Å². The molecule has 0 aliphatic carbocycles. The molecule has 0 spiro atoms. The molecule has 1 aliphatic rings. The van der Waals surface area contributed by atoms with Gasteiger partial charge in [-0.1, -0.05) is 35.3 Å². The second-order valence-corrected chi connectivity index (χ2v) is 10.4. The normalized spacial score (nSPS) is 17.7. The predicted molar refractivity (Wildman–Crippen MR) is 107 cm³/mol.